The Morgan fingerprint density at radius 2 is 2.12 bits per heavy atom. The van der Waals surface area contributed by atoms with Gasteiger partial charge in [-0.3, -0.25) is 0 Å². The second kappa shape index (κ2) is 5.61. The molecule has 0 saturated heterocycles. The van der Waals surface area contributed by atoms with Gasteiger partial charge in [-0.25, -0.2) is 0 Å². The Morgan fingerprint density at radius 3 is 2.88 bits per heavy atom. The molecule has 3 aromatic rings. The maximum absolute atomic E-state index is 9.79. The molecule has 120 valence electrons. The van der Waals surface area contributed by atoms with Crippen LogP contribution in [0, 0.1) is 11.3 Å². The Hall–Kier alpha value is -2.93. The fraction of sp³-hybridized carbons (Fsp3) is 0.250. The highest BCUT2D eigenvalue weighted by Gasteiger charge is 2.20. The molecule has 0 amide bonds. The standard InChI is InChI=1S/C20H18N2O2/c1-3-22-18-11-15(23-2)5-6-16(18)17(12-21)20(22)14-4-7-19-13(10-14)8-9-24-19/h4-7,10-11H,3,8-9H2,1-2H3. The zero-order valence-corrected chi connectivity index (χ0v) is 13.8. The van der Waals surface area contributed by atoms with Crippen molar-refractivity contribution in [2.24, 2.45) is 0 Å². The number of ether oxygens (including phenoxy) is 2. The smallest absolute Gasteiger partial charge is 0.122 e. The average Bonchev–Trinajstić information content (AvgIpc) is 3.21. The maximum Gasteiger partial charge on any atom is 0.122 e. The second-order valence-electron chi connectivity index (χ2n) is 5.88. The monoisotopic (exact) mass is 318 g/mol. The van der Waals surface area contributed by atoms with Crippen LogP contribution in [0.2, 0.25) is 0 Å². The number of benzene rings is 2. The van der Waals surface area contributed by atoms with Crippen molar-refractivity contribution in [1.82, 2.24) is 4.57 Å². The summed E-state index contributed by atoms with van der Waals surface area (Å²) < 4.78 is 13.1. The molecule has 2 heterocycles. The first-order valence-electron chi connectivity index (χ1n) is 8.13. The van der Waals surface area contributed by atoms with Gasteiger partial charge in [0.05, 0.1) is 30.5 Å². The molecule has 4 rings (SSSR count). The van der Waals surface area contributed by atoms with Crippen LogP contribution in [0.3, 0.4) is 0 Å². The first-order chi connectivity index (χ1) is 11.8. The Balaban J connectivity index is 2.02. The van der Waals surface area contributed by atoms with E-state index in [-0.39, 0.29) is 0 Å². The highest BCUT2D eigenvalue weighted by molar-refractivity contribution is 5.95. The van der Waals surface area contributed by atoms with Crippen LogP contribution in [0.5, 0.6) is 11.5 Å². The van der Waals surface area contributed by atoms with Crippen LogP contribution in [-0.4, -0.2) is 18.3 Å². The minimum Gasteiger partial charge on any atom is -0.497 e. The van der Waals surface area contributed by atoms with Gasteiger partial charge in [-0.05, 0) is 42.8 Å². The number of nitriles is 1. The number of fused-ring (bicyclic) bond motifs is 2. The van der Waals surface area contributed by atoms with Gasteiger partial charge < -0.3 is 14.0 Å². The number of nitrogens with zero attached hydrogens (tertiary/aromatic N) is 2. The summed E-state index contributed by atoms with van der Waals surface area (Å²) in [6.45, 7) is 3.62. The molecule has 0 bridgehead atoms. The van der Waals surface area contributed by atoms with Crippen LogP contribution >= 0.6 is 0 Å². The van der Waals surface area contributed by atoms with Crippen LogP contribution in [0.1, 0.15) is 18.1 Å². The molecule has 24 heavy (non-hydrogen) atoms. The van der Waals surface area contributed by atoms with Gasteiger partial charge in [-0.1, -0.05) is 0 Å². The molecule has 0 saturated carbocycles. The van der Waals surface area contributed by atoms with E-state index in [0.29, 0.717) is 5.56 Å². The summed E-state index contributed by atoms with van der Waals surface area (Å²) >= 11 is 0. The normalized spacial score (nSPS) is 12.7. The van der Waals surface area contributed by atoms with Crippen molar-refractivity contribution in [2.75, 3.05) is 13.7 Å². The molecule has 0 unspecified atom stereocenters. The van der Waals surface area contributed by atoms with Gasteiger partial charge in [0.1, 0.15) is 17.6 Å². The molecule has 0 N–H and O–H groups in total. The molecular formula is C20H18N2O2. The van der Waals surface area contributed by atoms with Gasteiger partial charge >= 0.3 is 0 Å². The van der Waals surface area contributed by atoms with E-state index >= 15 is 0 Å². The van der Waals surface area contributed by atoms with Gasteiger partial charge in [-0.15, -0.1) is 0 Å². The minimum atomic E-state index is 0.716. The molecule has 1 aromatic heterocycles. The van der Waals surface area contributed by atoms with Crippen molar-refractivity contribution in [3.63, 3.8) is 0 Å². The summed E-state index contributed by atoms with van der Waals surface area (Å²) in [6, 6.07) is 14.5. The van der Waals surface area contributed by atoms with E-state index in [1.54, 1.807) is 7.11 Å². The molecule has 4 heteroatoms. The first kappa shape index (κ1) is 14.6. The predicted molar refractivity (Wildman–Crippen MR) is 93.5 cm³/mol. The molecule has 4 nitrogen and oxygen atoms in total. The van der Waals surface area contributed by atoms with Crippen molar-refractivity contribution >= 4 is 10.9 Å². The lowest BCUT2D eigenvalue weighted by Gasteiger charge is -2.10. The second-order valence-corrected chi connectivity index (χ2v) is 5.88. The van der Waals surface area contributed by atoms with Crippen molar-refractivity contribution in [3.05, 3.63) is 47.5 Å². The van der Waals surface area contributed by atoms with Gasteiger partial charge in [0.15, 0.2) is 0 Å². The van der Waals surface area contributed by atoms with Gasteiger partial charge in [0.2, 0.25) is 0 Å². The van der Waals surface area contributed by atoms with E-state index in [1.807, 2.05) is 30.3 Å². The average molecular weight is 318 g/mol. The third-order valence-corrected chi connectivity index (χ3v) is 4.66. The van der Waals surface area contributed by atoms with Crippen molar-refractivity contribution < 1.29 is 9.47 Å². The summed E-state index contributed by atoms with van der Waals surface area (Å²) in [5, 5.41) is 10.8. The third kappa shape index (κ3) is 2.05. The van der Waals surface area contributed by atoms with E-state index in [1.165, 1.54) is 5.56 Å². The van der Waals surface area contributed by atoms with Crippen molar-refractivity contribution in [1.29, 1.82) is 5.26 Å². The highest BCUT2D eigenvalue weighted by atomic mass is 16.5. The highest BCUT2D eigenvalue weighted by Crippen LogP contribution is 2.37. The summed E-state index contributed by atoms with van der Waals surface area (Å²) in [6.07, 6.45) is 0.922. The van der Waals surface area contributed by atoms with Crippen molar-refractivity contribution in [3.8, 4) is 28.8 Å². The summed E-state index contributed by atoms with van der Waals surface area (Å²) in [5.74, 6) is 1.76. The first-order valence-corrected chi connectivity index (χ1v) is 8.13. The Morgan fingerprint density at radius 1 is 1.25 bits per heavy atom. The van der Waals surface area contributed by atoms with Crippen LogP contribution in [0.25, 0.3) is 22.2 Å². The van der Waals surface area contributed by atoms with Crippen molar-refractivity contribution in [2.45, 2.75) is 19.9 Å². The van der Waals surface area contributed by atoms with Gasteiger partial charge in [0.25, 0.3) is 0 Å². The number of aryl methyl sites for hydroxylation is 1. The van der Waals surface area contributed by atoms with E-state index in [4.69, 9.17) is 9.47 Å². The summed E-state index contributed by atoms with van der Waals surface area (Å²) in [4.78, 5) is 0. The fourth-order valence-electron chi connectivity index (χ4n) is 3.53. The number of hydrogen-bond acceptors (Lipinski definition) is 3. The Kier molecular flexibility index (Phi) is 3.42. The molecule has 0 fully saturated rings. The van der Waals surface area contributed by atoms with Crippen LogP contribution in [-0.2, 0) is 13.0 Å². The minimum absolute atomic E-state index is 0.716. The maximum atomic E-state index is 9.79. The molecule has 0 spiro atoms. The lowest BCUT2D eigenvalue weighted by Crippen LogP contribution is -1.98. The molecule has 2 aromatic carbocycles. The topological polar surface area (TPSA) is 47.2 Å². The quantitative estimate of drug-likeness (QED) is 0.729. The fourth-order valence-corrected chi connectivity index (χ4v) is 3.53. The zero-order valence-electron chi connectivity index (χ0n) is 13.8. The van der Waals surface area contributed by atoms with Crippen LogP contribution < -0.4 is 9.47 Å². The molecule has 0 atom stereocenters. The molecule has 0 radical (unpaired) electrons. The largest absolute Gasteiger partial charge is 0.497 e. The molecule has 1 aliphatic rings. The van der Waals surface area contributed by atoms with E-state index in [9.17, 15) is 5.26 Å². The number of hydrogen-bond donors (Lipinski definition) is 0. The van der Waals surface area contributed by atoms with E-state index < -0.39 is 0 Å². The lowest BCUT2D eigenvalue weighted by atomic mass is 10.0. The van der Waals surface area contributed by atoms with Gasteiger partial charge in [0, 0.05) is 30.0 Å². The van der Waals surface area contributed by atoms with Gasteiger partial charge in [-0.2, -0.15) is 5.26 Å². The van der Waals surface area contributed by atoms with Crippen LogP contribution in [0.4, 0.5) is 0 Å². The van der Waals surface area contributed by atoms with Crippen LogP contribution in [0.15, 0.2) is 36.4 Å². The lowest BCUT2D eigenvalue weighted by molar-refractivity contribution is 0.357. The molecule has 1 aliphatic heterocycles. The summed E-state index contributed by atoms with van der Waals surface area (Å²) in [7, 11) is 1.66. The zero-order chi connectivity index (χ0) is 16.7. The summed E-state index contributed by atoms with van der Waals surface area (Å²) in [5.41, 5.74) is 4.99. The predicted octanol–water partition coefficient (Wildman–Crippen LogP) is 4.14. The number of methoxy groups -OCH3 is 1. The SMILES string of the molecule is CCn1c(-c2ccc3c(c2)CCO3)c(C#N)c2ccc(OC)cc21. The molecular weight excluding hydrogens is 300 g/mol. The number of aromatic nitrogens is 1. The molecule has 0 aliphatic carbocycles. The third-order valence-electron chi connectivity index (χ3n) is 4.66. The van der Waals surface area contributed by atoms with E-state index in [2.05, 4.69) is 23.6 Å². The Labute approximate surface area is 140 Å². The van der Waals surface area contributed by atoms with E-state index in [0.717, 1.165) is 53.2 Å². The number of rotatable bonds is 3. The Bertz CT molecular complexity index is 979.